The van der Waals surface area contributed by atoms with Crippen LogP contribution in [0.25, 0.3) is 0 Å². The van der Waals surface area contributed by atoms with Crippen LogP contribution in [0.15, 0.2) is 18.5 Å². The van der Waals surface area contributed by atoms with Crippen LogP contribution in [0.3, 0.4) is 0 Å². The second-order valence-electron chi connectivity index (χ2n) is 3.96. The summed E-state index contributed by atoms with van der Waals surface area (Å²) >= 11 is 0. The number of aromatic nitrogens is 1. The summed E-state index contributed by atoms with van der Waals surface area (Å²) in [7, 11) is 1.23. The molecule has 1 aromatic rings. The van der Waals surface area contributed by atoms with Gasteiger partial charge >= 0.3 is 5.97 Å². The van der Waals surface area contributed by atoms with E-state index < -0.39 is 17.7 Å². The Hall–Kier alpha value is -1.98. The molecule has 0 fully saturated rings. The lowest BCUT2D eigenvalue weighted by molar-refractivity contribution is -0.141. The van der Waals surface area contributed by atoms with Crippen molar-refractivity contribution in [1.82, 2.24) is 9.88 Å². The molecule has 1 rings (SSSR count). The van der Waals surface area contributed by atoms with Crippen LogP contribution in [-0.4, -0.2) is 41.5 Å². The lowest BCUT2D eigenvalue weighted by Gasteiger charge is -2.25. The molecule has 98 valence electrons. The van der Waals surface area contributed by atoms with E-state index >= 15 is 0 Å². The van der Waals surface area contributed by atoms with Crippen molar-refractivity contribution >= 4 is 11.9 Å². The summed E-state index contributed by atoms with van der Waals surface area (Å²) in [4.78, 5) is 28.1. The minimum atomic E-state index is -0.710. The van der Waals surface area contributed by atoms with E-state index in [2.05, 4.69) is 9.72 Å². The van der Waals surface area contributed by atoms with Crippen LogP contribution in [0.4, 0.5) is 4.39 Å². The Morgan fingerprint density at radius 3 is 2.67 bits per heavy atom. The monoisotopic (exact) mass is 254 g/mol. The molecule has 18 heavy (non-hydrogen) atoms. The number of pyridine rings is 1. The number of rotatable bonds is 4. The molecule has 0 radical (unpaired) electrons. The summed E-state index contributed by atoms with van der Waals surface area (Å²) in [5.74, 6) is -1.82. The molecular formula is C12H15FN2O3. The molecule has 1 aromatic heterocycles. The Labute approximate surface area is 105 Å². The fourth-order valence-electron chi connectivity index (χ4n) is 1.40. The van der Waals surface area contributed by atoms with Gasteiger partial charge in [-0.25, -0.2) is 4.39 Å². The summed E-state index contributed by atoms with van der Waals surface area (Å²) in [6.45, 7) is 3.26. The SMILES string of the molecule is COC(=O)CN(C(=O)c1ccncc1F)C(C)C. The highest BCUT2D eigenvalue weighted by Crippen LogP contribution is 2.11. The third kappa shape index (κ3) is 3.26. The van der Waals surface area contributed by atoms with Gasteiger partial charge in [0.2, 0.25) is 0 Å². The molecule has 0 aliphatic carbocycles. The van der Waals surface area contributed by atoms with Crippen molar-refractivity contribution in [3.63, 3.8) is 0 Å². The van der Waals surface area contributed by atoms with Crippen molar-refractivity contribution < 1.29 is 18.7 Å². The molecule has 0 aliphatic rings. The van der Waals surface area contributed by atoms with Gasteiger partial charge in [-0.05, 0) is 19.9 Å². The van der Waals surface area contributed by atoms with Gasteiger partial charge in [0.05, 0.1) is 18.9 Å². The van der Waals surface area contributed by atoms with Crippen LogP contribution >= 0.6 is 0 Å². The van der Waals surface area contributed by atoms with Gasteiger partial charge < -0.3 is 9.64 Å². The maximum atomic E-state index is 13.5. The van der Waals surface area contributed by atoms with Gasteiger partial charge in [0.25, 0.3) is 5.91 Å². The number of carbonyl (C=O) groups excluding carboxylic acids is 2. The minimum Gasteiger partial charge on any atom is -0.468 e. The van der Waals surface area contributed by atoms with E-state index in [9.17, 15) is 14.0 Å². The van der Waals surface area contributed by atoms with Crippen molar-refractivity contribution in [1.29, 1.82) is 0 Å². The number of hydrogen-bond acceptors (Lipinski definition) is 4. The third-order valence-corrected chi connectivity index (χ3v) is 2.41. The lowest BCUT2D eigenvalue weighted by Crippen LogP contribution is -2.41. The summed E-state index contributed by atoms with van der Waals surface area (Å²) < 4.78 is 18.0. The van der Waals surface area contributed by atoms with E-state index in [0.717, 1.165) is 6.20 Å². The Morgan fingerprint density at radius 1 is 1.50 bits per heavy atom. The van der Waals surface area contributed by atoms with Gasteiger partial charge in [-0.3, -0.25) is 14.6 Å². The first kappa shape index (κ1) is 14.1. The maximum absolute atomic E-state index is 13.5. The molecule has 0 aromatic carbocycles. The summed E-state index contributed by atoms with van der Waals surface area (Å²) in [5, 5.41) is 0. The zero-order valence-electron chi connectivity index (χ0n) is 10.5. The Morgan fingerprint density at radius 2 is 2.17 bits per heavy atom. The zero-order chi connectivity index (χ0) is 13.7. The smallest absolute Gasteiger partial charge is 0.325 e. The first-order chi connectivity index (χ1) is 8.47. The fourth-order valence-corrected chi connectivity index (χ4v) is 1.40. The molecule has 0 spiro atoms. The number of hydrogen-bond donors (Lipinski definition) is 0. The van der Waals surface area contributed by atoms with E-state index in [1.54, 1.807) is 13.8 Å². The first-order valence-corrected chi connectivity index (χ1v) is 5.44. The predicted octanol–water partition coefficient (Wildman–Crippen LogP) is 1.24. The molecule has 0 bridgehead atoms. The topological polar surface area (TPSA) is 59.5 Å². The number of nitrogens with zero attached hydrogens (tertiary/aromatic N) is 2. The Kier molecular flexibility index (Phi) is 4.76. The fraction of sp³-hybridized carbons (Fsp3) is 0.417. The van der Waals surface area contributed by atoms with Gasteiger partial charge in [0.15, 0.2) is 5.82 Å². The highest BCUT2D eigenvalue weighted by Gasteiger charge is 2.24. The number of amides is 1. The largest absolute Gasteiger partial charge is 0.468 e. The first-order valence-electron chi connectivity index (χ1n) is 5.44. The average molecular weight is 254 g/mol. The molecule has 5 nitrogen and oxygen atoms in total. The van der Waals surface area contributed by atoms with Crippen LogP contribution in [0.2, 0.25) is 0 Å². The summed E-state index contributed by atoms with van der Waals surface area (Å²) in [6.07, 6.45) is 2.29. The number of ether oxygens (including phenoxy) is 1. The highest BCUT2D eigenvalue weighted by atomic mass is 19.1. The van der Waals surface area contributed by atoms with E-state index in [-0.39, 0.29) is 18.2 Å². The van der Waals surface area contributed by atoms with Crippen LogP contribution < -0.4 is 0 Å². The van der Waals surface area contributed by atoms with Crippen molar-refractivity contribution in [3.05, 3.63) is 29.8 Å². The molecule has 0 aliphatic heterocycles. The standard InChI is InChI=1S/C12H15FN2O3/c1-8(2)15(7-11(16)18-3)12(17)9-4-5-14-6-10(9)13/h4-6,8H,7H2,1-3H3. The highest BCUT2D eigenvalue weighted by molar-refractivity contribution is 5.96. The number of esters is 1. The second-order valence-corrected chi connectivity index (χ2v) is 3.96. The van der Waals surface area contributed by atoms with E-state index in [4.69, 9.17) is 0 Å². The molecule has 0 unspecified atom stereocenters. The molecule has 0 N–H and O–H groups in total. The summed E-state index contributed by atoms with van der Waals surface area (Å²) in [6, 6.07) is 1.04. The normalized spacial score (nSPS) is 10.3. The molecular weight excluding hydrogens is 239 g/mol. The molecule has 1 heterocycles. The van der Waals surface area contributed by atoms with Crippen LogP contribution in [-0.2, 0) is 9.53 Å². The molecule has 0 saturated heterocycles. The molecule has 6 heteroatoms. The van der Waals surface area contributed by atoms with Crippen LogP contribution in [0.1, 0.15) is 24.2 Å². The maximum Gasteiger partial charge on any atom is 0.325 e. The van der Waals surface area contributed by atoms with Gasteiger partial charge in [0, 0.05) is 12.2 Å². The Balaban J connectivity index is 2.97. The second kappa shape index (κ2) is 6.09. The van der Waals surface area contributed by atoms with Crippen LogP contribution in [0, 0.1) is 5.82 Å². The van der Waals surface area contributed by atoms with E-state index in [1.807, 2.05) is 0 Å². The molecule has 0 saturated carbocycles. The van der Waals surface area contributed by atoms with Crippen LogP contribution in [0.5, 0.6) is 0 Å². The average Bonchev–Trinajstić information content (AvgIpc) is 2.35. The van der Waals surface area contributed by atoms with Crippen molar-refractivity contribution in [2.75, 3.05) is 13.7 Å². The lowest BCUT2D eigenvalue weighted by atomic mass is 10.2. The van der Waals surface area contributed by atoms with E-state index in [0.29, 0.717) is 0 Å². The zero-order valence-corrected chi connectivity index (χ0v) is 10.5. The molecule has 0 atom stereocenters. The van der Waals surface area contributed by atoms with E-state index in [1.165, 1.54) is 24.3 Å². The van der Waals surface area contributed by atoms with Crippen molar-refractivity contribution in [3.8, 4) is 0 Å². The van der Waals surface area contributed by atoms with Crippen molar-refractivity contribution in [2.45, 2.75) is 19.9 Å². The quantitative estimate of drug-likeness (QED) is 0.759. The third-order valence-electron chi connectivity index (χ3n) is 2.41. The minimum absolute atomic E-state index is 0.109. The molecule has 1 amide bonds. The van der Waals surface area contributed by atoms with Crippen molar-refractivity contribution in [2.24, 2.45) is 0 Å². The van der Waals surface area contributed by atoms with Gasteiger partial charge in [0.1, 0.15) is 6.54 Å². The number of halogens is 1. The van der Waals surface area contributed by atoms with Gasteiger partial charge in [-0.1, -0.05) is 0 Å². The number of methoxy groups -OCH3 is 1. The van der Waals surface area contributed by atoms with Gasteiger partial charge in [-0.2, -0.15) is 0 Å². The Bertz CT molecular complexity index is 449. The summed E-state index contributed by atoms with van der Waals surface area (Å²) in [5.41, 5.74) is -0.109. The van der Waals surface area contributed by atoms with Gasteiger partial charge in [-0.15, -0.1) is 0 Å². The number of carbonyl (C=O) groups is 2. The predicted molar refractivity (Wildman–Crippen MR) is 62.4 cm³/mol.